The van der Waals surface area contributed by atoms with Gasteiger partial charge in [-0.05, 0) is 111 Å². The molecule has 1 fully saturated rings. The number of anilines is 1. The molecule has 3 aromatic carbocycles. The quantitative estimate of drug-likeness (QED) is 0.0561. The van der Waals surface area contributed by atoms with Gasteiger partial charge in [-0.3, -0.25) is 34.2 Å². The molecule has 310 valence electrons. The van der Waals surface area contributed by atoms with Crippen molar-refractivity contribution < 1.29 is 29.3 Å². The summed E-state index contributed by atoms with van der Waals surface area (Å²) in [6.45, 7) is 2.35. The summed E-state index contributed by atoms with van der Waals surface area (Å²) in [4.78, 5) is 52.2. The number of benzene rings is 3. The van der Waals surface area contributed by atoms with E-state index in [1.807, 2.05) is 37.3 Å². The molecule has 6 atom stereocenters. The van der Waals surface area contributed by atoms with Crippen LogP contribution >= 0.6 is 0 Å². The lowest BCUT2D eigenvalue weighted by Gasteiger charge is -2.34. The van der Waals surface area contributed by atoms with Gasteiger partial charge < -0.3 is 25.6 Å². The number of rotatable bonds is 18. The van der Waals surface area contributed by atoms with Gasteiger partial charge in [-0.1, -0.05) is 61.4 Å². The molecule has 4 aromatic rings. The van der Waals surface area contributed by atoms with Gasteiger partial charge in [0.15, 0.2) is 0 Å². The number of aryl methyl sites for hydroxylation is 4. The molecule has 1 saturated heterocycles. The molecule has 13 heteroatoms. The normalized spacial score (nSPS) is 20.2. The highest BCUT2D eigenvalue weighted by molar-refractivity contribution is 6.00. The maximum absolute atomic E-state index is 13.2. The van der Waals surface area contributed by atoms with Crippen LogP contribution in [-0.4, -0.2) is 67.7 Å². The second-order valence-electron chi connectivity index (χ2n) is 16.4. The van der Waals surface area contributed by atoms with Crippen LogP contribution in [0.1, 0.15) is 105 Å². The monoisotopic (exact) mass is 794 g/mol. The lowest BCUT2D eigenvalue weighted by atomic mass is 10.0. The molecule has 0 bridgehead atoms. The number of para-hydroxylation sites is 1. The molecule has 0 saturated carbocycles. The maximum atomic E-state index is 13.2. The first-order valence-corrected chi connectivity index (χ1v) is 21.0. The van der Waals surface area contributed by atoms with Crippen molar-refractivity contribution in [3.05, 3.63) is 99.0 Å². The van der Waals surface area contributed by atoms with Crippen LogP contribution in [0.3, 0.4) is 0 Å². The van der Waals surface area contributed by atoms with Crippen LogP contribution in [0, 0.1) is 0 Å². The highest BCUT2D eigenvalue weighted by Gasteiger charge is 2.41. The minimum atomic E-state index is -0.986. The second-order valence-corrected chi connectivity index (χ2v) is 16.4. The Hall–Kier alpha value is -4.66. The number of aliphatic hydroxyl groups excluding tert-OH is 2. The zero-order valence-corrected chi connectivity index (χ0v) is 33.7. The van der Waals surface area contributed by atoms with Gasteiger partial charge in [0.25, 0.3) is 0 Å². The number of hydrogen-bond acceptors (Lipinski definition) is 9. The third-order valence-corrected chi connectivity index (χ3v) is 12.3. The molecule has 13 nitrogen and oxygen atoms in total. The standard InChI is InChI=1S/C45H58N6O7/c1-28(34(20-23-39(46)52)47-44(56)38-26-33-13-7-11-32-12-8-14-41(54)51(38)42(32)33)58-27-31-17-15-29(16-18-31)9-5-3-4-6-10-30-19-21-35-37(25-30)49(2)45(57)50(35)36-22-24-40(53)48-43(36)55/h7,11,13,15-19,21,25,28,34,36,38-39,44,47,52,56H,3-6,8-10,12,14,20,22-24,26-27,46H2,1-2H3,(H,48,53,55)/t28-,34+,36?,38+,39?,44?/m1/s1. The fourth-order valence-electron chi connectivity index (χ4n) is 9.00. The number of unbranched alkanes of at least 4 members (excludes halogenated alkanes) is 3. The van der Waals surface area contributed by atoms with Gasteiger partial charge >= 0.3 is 5.69 Å². The lowest BCUT2D eigenvalue weighted by Crippen LogP contribution is -2.56. The molecular weight excluding hydrogens is 737 g/mol. The largest absolute Gasteiger partial charge is 0.379 e. The Labute approximate surface area is 339 Å². The van der Waals surface area contributed by atoms with Crippen molar-refractivity contribution in [3.8, 4) is 0 Å². The van der Waals surface area contributed by atoms with Crippen molar-refractivity contribution in [1.82, 2.24) is 19.8 Å². The summed E-state index contributed by atoms with van der Waals surface area (Å²) in [5.74, 6) is -0.686. The zero-order chi connectivity index (χ0) is 40.9. The van der Waals surface area contributed by atoms with Gasteiger partial charge in [0, 0.05) is 25.9 Å². The van der Waals surface area contributed by atoms with E-state index in [0.29, 0.717) is 44.2 Å². The van der Waals surface area contributed by atoms with Gasteiger partial charge in [0.1, 0.15) is 18.5 Å². The van der Waals surface area contributed by atoms with E-state index in [-0.39, 0.29) is 36.1 Å². The Kier molecular flexibility index (Phi) is 13.2. The van der Waals surface area contributed by atoms with Crippen LogP contribution < -0.4 is 27.0 Å². The van der Waals surface area contributed by atoms with Gasteiger partial charge in [0.2, 0.25) is 17.7 Å². The van der Waals surface area contributed by atoms with Gasteiger partial charge in [0.05, 0.1) is 35.5 Å². The number of carbonyl (C=O) groups excluding carboxylic acids is 3. The summed E-state index contributed by atoms with van der Waals surface area (Å²) in [7, 11) is 1.72. The second kappa shape index (κ2) is 18.5. The van der Waals surface area contributed by atoms with E-state index < -0.39 is 30.4 Å². The number of ether oxygens (including phenoxy) is 1. The number of aliphatic hydroxyl groups is 2. The van der Waals surface area contributed by atoms with Crippen LogP contribution in [0.5, 0.6) is 0 Å². The Morgan fingerprint density at radius 3 is 2.31 bits per heavy atom. The van der Waals surface area contributed by atoms with E-state index in [9.17, 15) is 29.4 Å². The Bertz CT molecular complexity index is 2160. The van der Waals surface area contributed by atoms with Crippen LogP contribution in [0.25, 0.3) is 11.0 Å². The molecule has 3 aliphatic rings. The summed E-state index contributed by atoms with van der Waals surface area (Å²) in [6.07, 6.45) is 7.96. The highest BCUT2D eigenvalue weighted by Crippen LogP contribution is 2.39. The van der Waals surface area contributed by atoms with Crippen molar-refractivity contribution >= 4 is 34.4 Å². The molecule has 3 aliphatic heterocycles. The fraction of sp³-hybridized carbons (Fsp3) is 0.511. The number of imidazole rings is 1. The summed E-state index contributed by atoms with van der Waals surface area (Å²) in [5.41, 5.74) is 13.6. The van der Waals surface area contributed by atoms with Crippen LogP contribution in [0.15, 0.2) is 65.5 Å². The van der Waals surface area contributed by atoms with Gasteiger partial charge in [-0.15, -0.1) is 0 Å². The van der Waals surface area contributed by atoms with Crippen molar-refractivity contribution in [2.45, 2.75) is 140 Å². The van der Waals surface area contributed by atoms with Crippen molar-refractivity contribution in [2.24, 2.45) is 12.8 Å². The molecule has 1 aromatic heterocycles. The number of hydrogen-bond donors (Lipinski definition) is 5. The third-order valence-electron chi connectivity index (χ3n) is 12.3. The third kappa shape index (κ3) is 9.29. The number of nitrogens with zero attached hydrogens (tertiary/aromatic N) is 3. The van der Waals surface area contributed by atoms with Gasteiger partial charge in [-0.25, -0.2) is 4.79 Å². The van der Waals surface area contributed by atoms with E-state index in [2.05, 4.69) is 41.0 Å². The summed E-state index contributed by atoms with van der Waals surface area (Å²) < 4.78 is 9.43. The van der Waals surface area contributed by atoms with Crippen LogP contribution in [0.2, 0.25) is 0 Å². The number of aromatic nitrogens is 2. The number of nitrogens with one attached hydrogen (secondary N) is 2. The van der Waals surface area contributed by atoms with Gasteiger partial charge in [-0.2, -0.15) is 0 Å². The first-order valence-electron chi connectivity index (χ1n) is 21.0. The topological polar surface area (TPSA) is 181 Å². The minimum absolute atomic E-state index is 0.0414. The zero-order valence-electron chi connectivity index (χ0n) is 33.7. The van der Waals surface area contributed by atoms with Crippen molar-refractivity contribution in [1.29, 1.82) is 0 Å². The van der Waals surface area contributed by atoms with E-state index in [4.69, 9.17) is 10.5 Å². The molecule has 3 amide bonds. The maximum Gasteiger partial charge on any atom is 0.329 e. The number of fused-ring (bicyclic) bond motifs is 1. The van der Waals surface area contributed by atoms with E-state index in [1.165, 1.54) is 10.1 Å². The van der Waals surface area contributed by atoms with Crippen molar-refractivity contribution in [3.63, 3.8) is 0 Å². The molecular formula is C45H58N6O7. The minimum Gasteiger partial charge on any atom is -0.379 e. The number of carbonyl (C=O) groups is 3. The number of nitrogens with two attached hydrogens (primary N) is 1. The molecule has 0 spiro atoms. The average molecular weight is 795 g/mol. The first-order chi connectivity index (χ1) is 28.0. The fourth-order valence-corrected chi connectivity index (χ4v) is 9.00. The van der Waals surface area contributed by atoms with Crippen LogP contribution in [0.4, 0.5) is 5.69 Å². The van der Waals surface area contributed by atoms with Crippen molar-refractivity contribution in [2.75, 3.05) is 4.90 Å². The molecule has 58 heavy (non-hydrogen) atoms. The van der Waals surface area contributed by atoms with Crippen LogP contribution in [-0.2, 0) is 58.5 Å². The Morgan fingerprint density at radius 1 is 0.862 bits per heavy atom. The molecule has 4 heterocycles. The smallest absolute Gasteiger partial charge is 0.329 e. The highest BCUT2D eigenvalue weighted by atomic mass is 16.5. The number of amides is 3. The SMILES string of the molecule is C[C@@H](OCc1ccc(CCCCCCc2ccc3c(c2)n(C)c(=O)n3C2CCC(=O)NC2=O)cc1)[C@H](CCC(N)O)NC(O)[C@@H]1Cc2cccc3c2N1C(=O)CCC3. The summed E-state index contributed by atoms with van der Waals surface area (Å²) in [6, 6.07) is 19.2. The van der Waals surface area contributed by atoms with E-state index in [0.717, 1.165) is 84.8 Å². The predicted molar refractivity (Wildman–Crippen MR) is 222 cm³/mol. The van der Waals surface area contributed by atoms with E-state index >= 15 is 0 Å². The van der Waals surface area contributed by atoms with E-state index in [1.54, 1.807) is 16.5 Å². The Morgan fingerprint density at radius 2 is 1.57 bits per heavy atom. The molecule has 7 rings (SSSR count). The average Bonchev–Trinajstić information content (AvgIpc) is 3.65. The molecule has 0 radical (unpaired) electrons. The summed E-state index contributed by atoms with van der Waals surface area (Å²) in [5, 5.41) is 27.1. The molecule has 0 aliphatic carbocycles. The molecule has 6 N–H and O–H groups in total. The first kappa shape index (κ1) is 41.5. The number of imide groups is 1. The lowest BCUT2D eigenvalue weighted by molar-refractivity contribution is -0.135. The summed E-state index contributed by atoms with van der Waals surface area (Å²) >= 11 is 0. The molecule has 3 unspecified atom stereocenters. The Balaban J connectivity index is 0.856. The number of piperidine rings is 1. The predicted octanol–water partition coefficient (Wildman–Crippen LogP) is 4.20.